The highest BCUT2D eigenvalue weighted by molar-refractivity contribution is 14.0. The van der Waals surface area contributed by atoms with E-state index < -0.39 is 0 Å². The van der Waals surface area contributed by atoms with Gasteiger partial charge in [-0.1, -0.05) is 38.1 Å². The van der Waals surface area contributed by atoms with Gasteiger partial charge in [0, 0.05) is 38.5 Å². The number of fused-ring (bicyclic) bond motifs is 1. The van der Waals surface area contributed by atoms with Crippen molar-refractivity contribution in [2.75, 3.05) is 20.1 Å². The molecule has 0 spiro atoms. The van der Waals surface area contributed by atoms with Crippen LogP contribution in [-0.4, -0.2) is 41.9 Å². The number of amides is 1. The topological polar surface area (TPSA) is 69.6 Å². The van der Waals surface area contributed by atoms with E-state index >= 15 is 0 Å². The van der Waals surface area contributed by atoms with E-state index in [9.17, 15) is 4.79 Å². The number of rotatable bonds is 7. The Morgan fingerprint density at radius 1 is 1.27 bits per heavy atom. The molecule has 0 bridgehead atoms. The average Bonchev–Trinajstić information content (AvgIpc) is 3.22. The SMILES string of the molecule is CN=C(NCCCC(=O)N1CCc2ccccc2C1)NCc1nc(C(C)C)cs1.I. The van der Waals surface area contributed by atoms with Crippen LogP contribution in [0.2, 0.25) is 0 Å². The number of nitrogens with zero attached hydrogens (tertiary/aromatic N) is 3. The zero-order valence-corrected chi connectivity index (χ0v) is 21.1. The van der Waals surface area contributed by atoms with Crippen LogP contribution in [-0.2, 0) is 24.3 Å². The minimum Gasteiger partial charge on any atom is -0.356 e. The van der Waals surface area contributed by atoms with Gasteiger partial charge in [0.05, 0.1) is 12.2 Å². The van der Waals surface area contributed by atoms with Crippen molar-refractivity contribution in [2.24, 2.45) is 4.99 Å². The highest BCUT2D eigenvalue weighted by Gasteiger charge is 2.19. The standard InChI is InChI=1S/C22H31N5OS.HI/c1-16(2)19-15-29-20(26-19)13-25-22(23-3)24-11-6-9-21(28)27-12-10-17-7-4-5-8-18(17)14-27;/h4-5,7-8,15-16H,6,9-14H2,1-3H3,(H2,23,24,25);1H. The molecule has 0 radical (unpaired) electrons. The smallest absolute Gasteiger partial charge is 0.222 e. The summed E-state index contributed by atoms with van der Waals surface area (Å²) in [4.78, 5) is 23.4. The third kappa shape index (κ3) is 6.94. The van der Waals surface area contributed by atoms with Gasteiger partial charge in [0.2, 0.25) is 5.91 Å². The van der Waals surface area contributed by atoms with Crippen LogP contribution in [0.5, 0.6) is 0 Å². The lowest BCUT2D eigenvalue weighted by molar-refractivity contribution is -0.132. The summed E-state index contributed by atoms with van der Waals surface area (Å²) in [6.07, 6.45) is 2.29. The molecule has 1 aliphatic heterocycles. The molecule has 1 amide bonds. The zero-order valence-electron chi connectivity index (χ0n) is 18.0. The molecule has 0 atom stereocenters. The van der Waals surface area contributed by atoms with Crippen molar-refractivity contribution in [1.82, 2.24) is 20.5 Å². The molecule has 0 saturated heterocycles. The lowest BCUT2D eigenvalue weighted by Gasteiger charge is -2.29. The number of halogens is 1. The number of guanidine groups is 1. The first-order chi connectivity index (χ1) is 14.1. The van der Waals surface area contributed by atoms with E-state index in [1.54, 1.807) is 18.4 Å². The van der Waals surface area contributed by atoms with Crippen LogP contribution in [0.25, 0.3) is 0 Å². The highest BCUT2D eigenvalue weighted by atomic mass is 127. The van der Waals surface area contributed by atoms with E-state index in [1.165, 1.54) is 11.1 Å². The van der Waals surface area contributed by atoms with Crippen molar-refractivity contribution in [1.29, 1.82) is 0 Å². The second-order valence-electron chi connectivity index (χ2n) is 7.61. The van der Waals surface area contributed by atoms with E-state index in [-0.39, 0.29) is 29.9 Å². The molecule has 0 aliphatic carbocycles. The molecule has 30 heavy (non-hydrogen) atoms. The number of benzene rings is 1. The molecule has 8 heteroatoms. The Morgan fingerprint density at radius 3 is 2.73 bits per heavy atom. The molecule has 0 fully saturated rings. The summed E-state index contributed by atoms with van der Waals surface area (Å²) in [7, 11) is 1.76. The van der Waals surface area contributed by atoms with Crippen LogP contribution in [0.4, 0.5) is 0 Å². The second kappa shape index (κ2) is 12.2. The molecule has 1 aromatic carbocycles. The predicted molar refractivity (Wildman–Crippen MR) is 135 cm³/mol. The fourth-order valence-corrected chi connectivity index (χ4v) is 4.26. The van der Waals surface area contributed by atoms with Crippen LogP contribution in [0.3, 0.4) is 0 Å². The normalized spacial score (nSPS) is 13.6. The predicted octanol–water partition coefficient (Wildman–Crippen LogP) is 3.91. The van der Waals surface area contributed by atoms with Crippen molar-refractivity contribution in [3.63, 3.8) is 0 Å². The van der Waals surface area contributed by atoms with E-state index in [0.29, 0.717) is 25.4 Å². The van der Waals surface area contributed by atoms with Crippen molar-refractivity contribution >= 4 is 47.2 Å². The first kappa shape index (κ1) is 24.6. The summed E-state index contributed by atoms with van der Waals surface area (Å²) in [5.41, 5.74) is 3.78. The largest absolute Gasteiger partial charge is 0.356 e. The molecule has 2 N–H and O–H groups in total. The lowest BCUT2D eigenvalue weighted by atomic mass is 9.99. The lowest BCUT2D eigenvalue weighted by Crippen LogP contribution is -2.38. The number of carbonyl (C=O) groups excluding carboxylic acids is 1. The minimum absolute atomic E-state index is 0. The number of thiazole rings is 1. The van der Waals surface area contributed by atoms with Gasteiger partial charge in [-0.25, -0.2) is 4.98 Å². The summed E-state index contributed by atoms with van der Waals surface area (Å²) in [6, 6.07) is 8.40. The Bertz CT molecular complexity index is 852. The molecule has 164 valence electrons. The van der Waals surface area contributed by atoms with Crippen LogP contribution >= 0.6 is 35.3 Å². The van der Waals surface area contributed by atoms with Crippen LogP contribution < -0.4 is 10.6 Å². The van der Waals surface area contributed by atoms with E-state index in [0.717, 1.165) is 42.6 Å². The number of carbonyl (C=O) groups is 1. The average molecular weight is 542 g/mol. The molecule has 1 aromatic heterocycles. The summed E-state index contributed by atoms with van der Waals surface area (Å²) in [5.74, 6) is 1.42. The molecule has 0 unspecified atom stereocenters. The maximum atomic E-state index is 12.5. The molecule has 3 rings (SSSR count). The van der Waals surface area contributed by atoms with E-state index in [1.807, 2.05) is 11.0 Å². The fraction of sp³-hybridized carbons (Fsp3) is 0.500. The highest BCUT2D eigenvalue weighted by Crippen LogP contribution is 2.19. The van der Waals surface area contributed by atoms with Crippen molar-refractivity contribution in [3.05, 3.63) is 51.5 Å². The van der Waals surface area contributed by atoms with Gasteiger partial charge in [-0.3, -0.25) is 9.79 Å². The number of nitrogens with one attached hydrogen (secondary N) is 2. The maximum absolute atomic E-state index is 12.5. The van der Waals surface area contributed by atoms with Crippen LogP contribution in [0.1, 0.15) is 54.4 Å². The van der Waals surface area contributed by atoms with Gasteiger partial charge < -0.3 is 15.5 Å². The van der Waals surface area contributed by atoms with Crippen LogP contribution in [0.15, 0.2) is 34.6 Å². The summed E-state index contributed by atoms with van der Waals surface area (Å²) in [5, 5.41) is 9.75. The molecule has 1 aliphatic rings. The Balaban J connectivity index is 0.00000320. The number of hydrogen-bond donors (Lipinski definition) is 2. The molecule has 2 aromatic rings. The number of aromatic nitrogens is 1. The van der Waals surface area contributed by atoms with Crippen molar-refractivity contribution < 1.29 is 4.79 Å². The summed E-state index contributed by atoms with van der Waals surface area (Å²) < 4.78 is 0. The Labute approximate surface area is 200 Å². The van der Waals surface area contributed by atoms with Gasteiger partial charge in [-0.05, 0) is 29.9 Å². The second-order valence-corrected chi connectivity index (χ2v) is 8.55. The van der Waals surface area contributed by atoms with E-state index in [2.05, 4.69) is 58.0 Å². The quantitative estimate of drug-likeness (QED) is 0.242. The maximum Gasteiger partial charge on any atom is 0.222 e. The third-order valence-corrected chi connectivity index (χ3v) is 6.00. The Hall–Kier alpha value is -1.68. The molecule has 0 saturated carbocycles. The molecular formula is C22H32IN5OS. The van der Waals surface area contributed by atoms with Gasteiger partial charge in [-0.15, -0.1) is 35.3 Å². The number of hydrogen-bond acceptors (Lipinski definition) is 4. The van der Waals surface area contributed by atoms with Gasteiger partial charge >= 0.3 is 0 Å². The molecular weight excluding hydrogens is 509 g/mol. The summed E-state index contributed by atoms with van der Waals surface area (Å²) in [6.45, 7) is 7.22. The third-order valence-electron chi connectivity index (χ3n) is 5.13. The monoisotopic (exact) mass is 541 g/mol. The van der Waals surface area contributed by atoms with Gasteiger partial charge in [-0.2, -0.15) is 0 Å². The van der Waals surface area contributed by atoms with Gasteiger partial charge in [0.25, 0.3) is 0 Å². The first-order valence-electron chi connectivity index (χ1n) is 10.3. The molecule has 6 nitrogen and oxygen atoms in total. The summed E-state index contributed by atoms with van der Waals surface area (Å²) >= 11 is 1.67. The molecule has 2 heterocycles. The van der Waals surface area contributed by atoms with Gasteiger partial charge in [0.1, 0.15) is 5.01 Å². The number of aliphatic imine (C=N–C) groups is 1. The van der Waals surface area contributed by atoms with Crippen LogP contribution in [0, 0.1) is 0 Å². The Morgan fingerprint density at radius 2 is 2.03 bits per heavy atom. The van der Waals surface area contributed by atoms with Crippen molar-refractivity contribution in [3.8, 4) is 0 Å². The minimum atomic E-state index is 0. The zero-order chi connectivity index (χ0) is 20.6. The Kier molecular flexibility index (Phi) is 10.0. The van der Waals surface area contributed by atoms with Gasteiger partial charge in [0.15, 0.2) is 5.96 Å². The fourth-order valence-electron chi connectivity index (χ4n) is 3.36. The van der Waals surface area contributed by atoms with E-state index in [4.69, 9.17) is 0 Å². The first-order valence-corrected chi connectivity index (χ1v) is 11.2. The van der Waals surface area contributed by atoms with Crippen molar-refractivity contribution in [2.45, 2.75) is 52.1 Å².